The van der Waals surface area contributed by atoms with Crippen LogP contribution in [-0.4, -0.2) is 75.6 Å². The standard InChI is InChI=1S/C16H18N4O3S2.C2HF3O2/c1-11-18-13(10-24-11)8-20-7-12-6-19(9-15(12)25(20,22)23)16(21)14-4-2-3-5-17-14;3-2(4,5)1(6)7/h2-5,10,12,15H,6-9H2,1H3;(H,6,7). The van der Waals surface area contributed by atoms with Gasteiger partial charge in [0.15, 0.2) is 0 Å². The first-order valence-electron chi connectivity index (χ1n) is 9.30. The highest BCUT2D eigenvalue weighted by Gasteiger charge is 2.52. The van der Waals surface area contributed by atoms with Gasteiger partial charge >= 0.3 is 12.1 Å². The second-order valence-electron chi connectivity index (χ2n) is 7.22. The largest absolute Gasteiger partial charge is 0.490 e. The maximum absolute atomic E-state index is 12.8. The highest BCUT2D eigenvalue weighted by molar-refractivity contribution is 7.90. The van der Waals surface area contributed by atoms with Crippen LogP contribution in [0, 0.1) is 12.8 Å². The number of carboxylic acids is 1. The number of rotatable bonds is 3. The number of amides is 1. The van der Waals surface area contributed by atoms with Crippen LogP contribution in [-0.2, 0) is 21.4 Å². The predicted molar refractivity (Wildman–Crippen MR) is 107 cm³/mol. The number of hydrogen-bond acceptors (Lipinski definition) is 7. The first-order chi connectivity index (χ1) is 14.9. The molecule has 4 heterocycles. The molecule has 2 aliphatic heterocycles. The molecule has 4 rings (SSSR count). The van der Waals surface area contributed by atoms with E-state index >= 15 is 0 Å². The zero-order valence-corrected chi connectivity index (χ0v) is 18.3. The van der Waals surface area contributed by atoms with Gasteiger partial charge in [0.05, 0.1) is 22.5 Å². The number of carboxylic acid groups (broad SMARTS) is 1. The van der Waals surface area contributed by atoms with Crippen molar-refractivity contribution in [2.24, 2.45) is 5.92 Å². The predicted octanol–water partition coefficient (Wildman–Crippen LogP) is 1.77. The number of thiazole rings is 1. The zero-order valence-electron chi connectivity index (χ0n) is 16.7. The van der Waals surface area contributed by atoms with E-state index in [1.54, 1.807) is 29.3 Å². The molecule has 32 heavy (non-hydrogen) atoms. The van der Waals surface area contributed by atoms with E-state index in [2.05, 4.69) is 9.97 Å². The summed E-state index contributed by atoms with van der Waals surface area (Å²) in [6, 6.07) is 5.16. The van der Waals surface area contributed by atoms with Crippen molar-refractivity contribution < 1.29 is 36.3 Å². The minimum atomic E-state index is -5.08. The summed E-state index contributed by atoms with van der Waals surface area (Å²) in [5, 5.41) is 9.43. The van der Waals surface area contributed by atoms with E-state index in [4.69, 9.17) is 9.90 Å². The van der Waals surface area contributed by atoms with E-state index in [0.29, 0.717) is 25.3 Å². The lowest BCUT2D eigenvalue weighted by Crippen LogP contribution is -2.37. The highest BCUT2D eigenvalue weighted by atomic mass is 32.2. The monoisotopic (exact) mass is 492 g/mol. The number of sulfonamides is 1. The molecule has 0 aliphatic carbocycles. The SMILES string of the molecule is Cc1nc(CN2CC3CN(C(=O)c4ccccn4)CC3S2(=O)=O)cs1.O=C(O)C(F)(F)F. The average Bonchev–Trinajstić information content (AvgIpc) is 3.39. The van der Waals surface area contributed by atoms with Gasteiger partial charge in [-0.1, -0.05) is 6.07 Å². The van der Waals surface area contributed by atoms with Gasteiger partial charge in [-0.3, -0.25) is 9.78 Å². The molecule has 0 aromatic carbocycles. The number of aliphatic carboxylic acids is 1. The maximum Gasteiger partial charge on any atom is 0.490 e. The van der Waals surface area contributed by atoms with Crippen LogP contribution in [0.25, 0.3) is 0 Å². The van der Waals surface area contributed by atoms with Crippen molar-refractivity contribution >= 4 is 33.2 Å². The topological polar surface area (TPSA) is 121 Å². The molecule has 2 aromatic heterocycles. The third-order valence-corrected chi connectivity index (χ3v) is 8.10. The Bertz CT molecular complexity index is 1090. The molecule has 1 amide bonds. The summed E-state index contributed by atoms with van der Waals surface area (Å²) < 4.78 is 58.9. The number of hydrogen-bond donors (Lipinski definition) is 1. The minimum Gasteiger partial charge on any atom is -0.475 e. The van der Waals surface area contributed by atoms with Crippen LogP contribution < -0.4 is 0 Å². The molecule has 174 valence electrons. The molecule has 0 saturated carbocycles. The fraction of sp³-hybridized carbons (Fsp3) is 0.444. The van der Waals surface area contributed by atoms with Crippen LogP contribution in [0.1, 0.15) is 21.2 Å². The summed E-state index contributed by atoms with van der Waals surface area (Å²) in [5.74, 6) is -3.02. The highest BCUT2D eigenvalue weighted by Crippen LogP contribution is 2.35. The lowest BCUT2D eigenvalue weighted by molar-refractivity contribution is -0.192. The first kappa shape index (κ1) is 24.1. The number of likely N-dealkylation sites (tertiary alicyclic amines) is 1. The quantitative estimate of drug-likeness (QED) is 0.693. The van der Waals surface area contributed by atoms with Crippen molar-refractivity contribution in [2.75, 3.05) is 19.6 Å². The molecule has 14 heteroatoms. The maximum atomic E-state index is 12.8. The zero-order chi connectivity index (χ0) is 23.7. The van der Waals surface area contributed by atoms with Gasteiger partial charge in [0.1, 0.15) is 5.69 Å². The van der Waals surface area contributed by atoms with Crippen LogP contribution >= 0.6 is 11.3 Å². The molecule has 2 atom stereocenters. The smallest absolute Gasteiger partial charge is 0.475 e. The number of carbonyl (C=O) groups is 2. The van der Waals surface area contributed by atoms with Gasteiger partial charge in [-0.25, -0.2) is 18.2 Å². The Morgan fingerprint density at radius 3 is 2.44 bits per heavy atom. The van der Waals surface area contributed by atoms with Crippen LogP contribution in [0.3, 0.4) is 0 Å². The molecule has 0 radical (unpaired) electrons. The molecule has 2 fully saturated rings. The van der Waals surface area contributed by atoms with E-state index in [1.165, 1.54) is 15.6 Å². The van der Waals surface area contributed by atoms with Gasteiger partial charge in [-0.2, -0.15) is 17.5 Å². The van der Waals surface area contributed by atoms with Crippen LogP contribution in [0.2, 0.25) is 0 Å². The van der Waals surface area contributed by atoms with E-state index in [1.807, 2.05) is 12.3 Å². The second-order valence-corrected chi connectivity index (χ2v) is 10.4. The molecular weight excluding hydrogens is 473 g/mol. The molecule has 0 spiro atoms. The van der Waals surface area contributed by atoms with Gasteiger partial charge in [0.2, 0.25) is 10.0 Å². The molecule has 2 unspecified atom stereocenters. The molecule has 0 bridgehead atoms. The van der Waals surface area contributed by atoms with E-state index in [9.17, 15) is 26.4 Å². The molecule has 9 nitrogen and oxygen atoms in total. The van der Waals surface area contributed by atoms with Crippen molar-refractivity contribution in [3.63, 3.8) is 0 Å². The Kier molecular flexibility index (Phi) is 6.86. The summed E-state index contributed by atoms with van der Waals surface area (Å²) in [5.41, 5.74) is 1.14. The fourth-order valence-electron chi connectivity index (χ4n) is 3.54. The number of aromatic nitrogens is 2. The Hall–Kier alpha value is -2.58. The third-order valence-electron chi connectivity index (χ3n) is 4.98. The van der Waals surface area contributed by atoms with E-state index in [-0.39, 0.29) is 18.4 Å². The normalized spacial score (nSPS) is 22.2. The van der Waals surface area contributed by atoms with Gasteiger partial charge < -0.3 is 10.0 Å². The van der Waals surface area contributed by atoms with Crippen molar-refractivity contribution in [1.82, 2.24) is 19.2 Å². The Labute approximate surface area is 185 Å². The molecule has 2 saturated heterocycles. The lowest BCUT2D eigenvalue weighted by atomic mass is 10.1. The number of carbonyl (C=O) groups excluding carboxylic acids is 1. The average molecular weight is 493 g/mol. The van der Waals surface area contributed by atoms with E-state index < -0.39 is 27.4 Å². The third kappa shape index (κ3) is 5.24. The Morgan fingerprint density at radius 1 is 1.25 bits per heavy atom. The number of nitrogens with zero attached hydrogens (tertiary/aromatic N) is 4. The summed E-state index contributed by atoms with van der Waals surface area (Å²) in [7, 11) is -3.42. The molecule has 2 aliphatic rings. The summed E-state index contributed by atoms with van der Waals surface area (Å²) in [4.78, 5) is 31.4. The Morgan fingerprint density at radius 2 is 1.94 bits per heavy atom. The van der Waals surface area contributed by atoms with E-state index in [0.717, 1.165) is 10.7 Å². The van der Waals surface area contributed by atoms with Crippen LogP contribution in [0.4, 0.5) is 13.2 Å². The molecule has 1 N–H and O–H groups in total. The lowest BCUT2D eigenvalue weighted by Gasteiger charge is -2.20. The fourth-order valence-corrected chi connectivity index (χ4v) is 6.27. The van der Waals surface area contributed by atoms with Crippen LogP contribution in [0.5, 0.6) is 0 Å². The number of pyridine rings is 1. The van der Waals surface area contributed by atoms with Crippen molar-refractivity contribution in [2.45, 2.75) is 24.9 Å². The van der Waals surface area contributed by atoms with Gasteiger partial charge in [-0.15, -0.1) is 11.3 Å². The van der Waals surface area contributed by atoms with Gasteiger partial charge in [-0.05, 0) is 19.1 Å². The molecule has 2 aromatic rings. The van der Waals surface area contributed by atoms with Gasteiger partial charge in [0, 0.05) is 37.1 Å². The number of fused-ring (bicyclic) bond motifs is 1. The number of aryl methyl sites for hydroxylation is 1. The molecular formula is C18H19F3N4O5S2. The summed E-state index contributed by atoms with van der Waals surface area (Å²) >= 11 is 1.52. The van der Waals surface area contributed by atoms with Gasteiger partial charge in [0.25, 0.3) is 5.91 Å². The number of halogens is 3. The van der Waals surface area contributed by atoms with Crippen molar-refractivity contribution in [3.8, 4) is 0 Å². The summed E-state index contributed by atoms with van der Waals surface area (Å²) in [6.45, 7) is 3.34. The minimum absolute atomic E-state index is 0.0580. The Balaban J connectivity index is 0.000000360. The van der Waals surface area contributed by atoms with Crippen molar-refractivity contribution in [3.05, 3.63) is 46.2 Å². The van der Waals surface area contributed by atoms with Crippen LogP contribution in [0.15, 0.2) is 29.8 Å². The second kappa shape index (κ2) is 9.11. The first-order valence-corrected chi connectivity index (χ1v) is 11.7. The number of alkyl halides is 3. The van der Waals surface area contributed by atoms with Crippen molar-refractivity contribution in [1.29, 1.82) is 0 Å². The summed E-state index contributed by atoms with van der Waals surface area (Å²) in [6.07, 6.45) is -3.52.